The lowest BCUT2D eigenvalue weighted by Crippen LogP contribution is -2.23. The summed E-state index contributed by atoms with van der Waals surface area (Å²) in [7, 11) is -2.75. The van der Waals surface area contributed by atoms with Gasteiger partial charge in [-0.2, -0.15) is 0 Å². The van der Waals surface area contributed by atoms with Gasteiger partial charge in [-0.05, 0) is 19.4 Å². The van der Waals surface area contributed by atoms with Crippen LogP contribution in [0.2, 0.25) is 0 Å². The molecule has 4 heteroatoms. The number of rotatable bonds is 6. The minimum atomic E-state index is -2.75. The molecule has 0 bridgehead atoms. The summed E-state index contributed by atoms with van der Waals surface area (Å²) in [5.41, 5.74) is 0. The summed E-state index contributed by atoms with van der Waals surface area (Å²) in [6.45, 7) is 5.07. The van der Waals surface area contributed by atoms with Gasteiger partial charge in [-0.1, -0.05) is 13.8 Å². The zero-order valence-electron chi connectivity index (χ0n) is 8.13. The molecule has 0 aromatic rings. The molecule has 0 saturated heterocycles. The predicted octanol–water partition coefficient (Wildman–Crippen LogP) is 0.809. The molecule has 0 aliphatic heterocycles. The Bertz CT molecular complexity index is 197. The van der Waals surface area contributed by atoms with Crippen LogP contribution in [0.5, 0.6) is 0 Å². The molecule has 0 radical (unpaired) electrons. The number of hydrogen-bond donors (Lipinski definition) is 1. The average Bonchev–Trinajstić information content (AvgIpc) is 1.83. The summed E-state index contributed by atoms with van der Waals surface area (Å²) in [6, 6.07) is 0.489. The van der Waals surface area contributed by atoms with Crippen LogP contribution < -0.4 is 5.32 Å². The first kappa shape index (κ1) is 11.9. The molecule has 12 heavy (non-hydrogen) atoms. The van der Waals surface area contributed by atoms with Gasteiger partial charge >= 0.3 is 0 Å². The van der Waals surface area contributed by atoms with Crippen LogP contribution in [0.4, 0.5) is 0 Å². The van der Waals surface area contributed by atoms with Crippen molar-refractivity contribution in [1.29, 1.82) is 0 Å². The van der Waals surface area contributed by atoms with E-state index in [-0.39, 0.29) is 0 Å². The quantitative estimate of drug-likeness (QED) is 0.635. The highest BCUT2D eigenvalue weighted by Crippen LogP contribution is 1.93. The fourth-order valence-corrected chi connectivity index (χ4v) is 1.61. The summed E-state index contributed by atoms with van der Waals surface area (Å²) in [6.07, 6.45) is 2.98. The van der Waals surface area contributed by atoms with E-state index in [0.29, 0.717) is 11.8 Å². The zero-order valence-corrected chi connectivity index (χ0v) is 8.95. The molecule has 0 aromatic heterocycles. The molecular weight excluding hydrogens is 174 g/mol. The monoisotopic (exact) mass is 193 g/mol. The molecule has 0 atom stereocenters. The third-order valence-corrected chi connectivity index (χ3v) is 2.52. The first-order chi connectivity index (χ1) is 5.42. The second kappa shape index (κ2) is 5.54. The van der Waals surface area contributed by atoms with Crippen molar-refractivity contribution < 1.29 is 8.42 Å². The zero-order chi connectivity index (χ0) is 9.61. The molecule has 0 saturated carbocycles. The van der Waals surface area contributed by atoms with Gasteiger partial charge in [0.2, 0.25) is 0 Å². The molecule has 74 valence electrons. The number of hydrogen-bond acceptors (Lipinski definition) is 3. The van der Waals surface area contributed by atoms with Crippen LogP contribution in [0.3, 0.4) is 0 Å². The number of nitrogens with one attached hydrogen (secondary N) is 1. The smallest absolute Gasteiger partial charge is 0.147 e. The van der Waals surface area contributed by atoms with E-state index in [1.807, 2.05) is 0 Å². The summed E-state index contributed by atoms with van der Waals surface area (Å²) in [5, 5.41) is 3.24. The first-order valence-corrected chi connectivity index (χ1v) is 6.39. The summed E-state index contributed by atoms with van der Waals surface area (Å²) in [5.74, 6) is 0.312. The molecule has 0 amide bonds. The Kier molecular flexibility index (Phi) is 5.50. The van der Waals surface area contributed by atoms with Crippen molar-refractivity contribution in [1.82, 2.24) is 5.32 Å². The lowest BCUT2D eigenvalue weighted by Gasteiger charge is -2.06. The van der Waals surface area contributed by atoms with Gasteiger partial charge in [0, 0.05) is 18.1 Å². The van der Waals surface area contributed by atoms with Gasteiger partial charge < -0.3 is 5.32 Å². The van der Waals surface area contributed by atoms with Crippen LogP contribution in [-0.4, -0.2) is 33.0 Å². The Labute approximate surface area is 75.5 Å². The van der Waals surface area contributed by atoms with Crippen molar-refractivity contribution in [3.63, 3.8) is 0 Å². The lowest BCUT2D eigenvalue weighted by molar-refractivity contribution is 0.561. The lowest BCUT2D eigenvalue weighted by atomic mass is 10.3. The van der Waals surface area contributed by atoms with E-state index in [0.717, 1.165) is 19.4 Å². The van der Waals surface area contributed by atoms with Crippen LogP contribution in [0.1, 0.15) is 26.7 Å². The highest BCUT2D eigenvalue weighted by molar-refractivity contribution is 7.90. The third-order valence-electron chi connectivity index (χ3n) is 1.49. The predicted molar refractivity (Wildman–Crippen MR) is 52.1 cm³/mol. The van der Waals surface area contributed by atoms with Crippen LogP contribution >= 0.6 is 0 Å². The molecule has 1 N–H and O–H groups in total. The van der Waals surface area contributed by atoms with Crippen molar-refractivity contribution in [3.8, 4) is 0 Å². The molecule has 0 aromatic carbocycles. The molecule has 0 aliphatic rings. The second-order valence-corrected chi connectivity index (χ2v) is 5.71. The van der Waals surface area contributed by atoms with Gasteiger partial charge in [-0.25, -0.2) is 8.42 Å². The molecule has 0 spiro atoms. The van der Waals surface area contributed by atoms with E-state index in [1.54, 1.807) is 0 Å². The van der Waals surface area contributed by atoms with Gasteiger partial charge in [-0.3, -0.25) is 0 Å². The summed E-state index contributed by atoms with van der Waals surface area (Å²) in [4.78, 5) is 0. The molecule has 0 unspecified atom stereocenters. The van der Waals surface area contributed by atoms with Crippen LogP contribution in [0.15, 0.2) is 0 Å². The molecule has 0 heterocycles. The van der Waals surface area contributed by atoms with Gasteiger partial charge in [0.05, 0.1) is 0 Å². The normalized spacial score (nSPS) is 12.3. The summed E-state index contributed by atoms with van der Waals surface area (Å²) < 4.78 is 21.4. The Morgan fingerprint density at radius 2 is 1.83 bits per heavy atom. The van der Waals surface area contributed by atoms with E-state index in [9.17, 15) is 8.42 Å². The van der Waals surface area contributed by atoms with Crippen LogP contribution in [0.25, 0.3) is 0 Å². The Morgan fingerprint density at radius 1 is 1.25 bits per heavy atom. The SMILES string of the molecule is CC(C)NCCCCS(C)(=O)=O. The van der Waals surface area contributed by atoms with Crippen molar-refractivity contribution in [2.45, 2.75) is 32.7 Å². The largest absolute Gasteiger partial charge is 0.315 e. The van der Waals surface area contributed by atoms with E-state index in [4.69, 9.17) is 0 Å². The molecule has 0 aliphatic carbocycles. The van der Waals surface area contributed by atoms with Crippen molar-refractivity contribution in [2.24, 2.45) is 0 Å². The number of sulfone groups is 1. The van der Waals surface area contributed by atoms with Gasteiger partial charge in [0.25, 0.3) is 0 Å². The minimum absolute atomic E-state index is 0.312. The van der Waals surface area contributed by atoms with Gasteiger partial charge in [0.1, 0.15) is 9.84 Å². The van der Waals surface area contributed by atoms with E-state index in [2.05, 4.69) is 19.2 Å². The minimum Gasteiger partial charge on any atom is -0.315 e. The van der Waals surface area contributed by atoms with Crippen molar-refractivity contribution in [2.75, 3.05) is 18.6 Å². The summed E-state index contributed by atoms with van der Waals surface area (Å²) >= 11 is 0. The van der Waals surface area contributed by atoms with Crippen molar-refractivity contribution in [3.05, 3.63) is 0 Å². The Hall–Kier alpha value is -0.0900. The molecule has 0 fully saturated rings. The standard InChI is InChI=1S/C8H19NO2S/c1-8(2)9-6-4-5-7-12(3,10)11/h8-9H,4-7H2,1-3H3. The maximum Gasteiger partial charge on any atom is 0.147 e. The maximum atomic E-state index is 10.7. The molecule has 0 rings (SSSR count). The first-order valence-electron chi connectivity index (χ1n) is 4.33. The topological polar surface area (TPSA) is 46.2 Å². The van der Waals surface area contributed by atoms with Crippen LogP contribution in [0, 0.1) is 0 Å². The van der Waals surface area contributed by atoms with Gasteiger partial charge in [0.15, 0.2) is 0 Å². The Balaban J connectivity index is 3.23. The highest BCUT2D eigenvalue weighted by Gasteiger charge is 2.00. The van der Waals surface area contributed by atoms with E-state index < -0.39 is 9.84 Å². The fourth-order valence-electron chi connectivity index (χ4n) is 0.880. The van der Waals surface area contributed by atoms with Gasteiger partial charge in [-0.15, -0.1) is 0 Å². The fraction of sp³-hybridized carbons (Fsp3) is 1.00. The van der Waals surface area contributed by atoms with E-state index in [1.165, 1.54) is 6.26 Å². The Morgan fingerprint density at radius 3 is 2.25 bits per heavy atom. The van der Waals surface area contributed by atoms with Crippen molar-refractivity contribution >= 4 is 9.84 Å². The van der Waals surface area contributed by atoms with Crippen LogP contribution in [-0.2, 0) is 9.84 Å². The third kappa shape index (κ3) is 9.91. The maximum absolute atomic E-state index is 10.7. The van der Waals surface area contributed by atoms with E-state index >= 15 is 0 Å². The molecule has 3 nitrogen and oxygen atoms in total. The average molecular weight is 193 g/mol. The highest BCUT2D eigenvalue weighted by atomic mass is 32.2. The second-order valence-electron chi connectivity index (χ2n) is 3.45. The molecular formula is C8H19NO2S. The number of unbranched alkanes of at least 4 members (excludes halogenated alkanes) is 1.